The molecule has 0 spiro atoms. The highest BCUT2D eigenvalue weighted by atomic mass is 16.7. The van der Waals surface area contributed by atoms with Crippen molar-refractivity contribution in [3.8, 4) is 0 Å². The van der Waals surface area contributed by atoms with Gasteiger partial charge in [-0.2, -0.15) is 0 Å². The van der Waals surface area contributed by atoms with Crippen LogP contribution < -0.4 is 0 Å². The number of rotatable bonds is 4. The molecular formula is C12H22O11. The summed E-state index contributed by atoms with van der Waals surface area (Å²) in [5.74, 6) is 0. The van der Waals surface area contributed by atoms with Gasteiger partial charge in [0.1, 0.15) is 48.8 Å². The fourth-order valence-electron chi connectivity index (χ4n) is 2.46. The Labute approximate surface area is 130 Å². The predicted octanol–water partition coefficient (Wildman–Crippen LogP) is -5.40. The van der Waals surface area contributed by atoms with Crippen LogP contribution in [0.3, 0.4) is 0 Å². The van der Waals surface area contributed by atoms with Crippen molar-refractivity contribution < 1.29 is 55.1 Å². The Morgan fingerprint density at radius 1 is 0.652 bits per heavy atom. The van der Waals surface area contributed by atoms with Crippen molar-refractivity contribution in [2.24, 2.45) is 0 Å². The SMILES string of the molecule is OC[C@@H]1O[C@H](OC[C@@H]2O[C@H](O)[C@@H](O)[C@H](O)[C@H]2O)[C@@H](O)[C@H](O)[C@H]1O. The molecule has 10 atom stereocenters. The van der Waals surface area contributed by atoms with E-state index in [1.165, 1.54) is 0 Å². The van der Waals surface area contributed by atoms with E-state index in [9.17, 15) is 35.7 Å². The molecule has 8 N–H and O–H groups in total. The number of hydrogen-bond donors (Lipinski definition) is 8. The highest BCUT2D eigenvalue weighted by Crippen LogP contribution is 2.24. The molecular weight excluding hydrogens is 320 g/mol. The molecule has 2 saturated heterocycles. The van der Waals surface area contributed by atoms with Gasteiger partial charge in [0.25, 0.3) is 0 Å². The summed E-state index contributed by atoms with van der Waals surface area (Å²) >= 11 is 0. The molecule has 0 bridgehead atoms. The topological polar surface area (TPSA) is 190 Å². The number of aliphatic hydroxyl groups is 8. The molecule has 0 unspecified atom stereocenters. The van der Waals surface area contributed by atoms with Gasteiger partial charge in [-0.3, -0.25) is 0 Å². The van der Waals surface area contributed by atoms with Crippen molar-refractivity contribution in [1.82, 2.24) is 0 Å². The Morgan fingerprint density at radius 3 is 1.83 bits per heavy atom. The van der Waals surface area contributed by atoms with Gasteiger partial charge in [-0.25, -0.2) is 0 Å². The third-order valence-corrected chi connectivity index (χ3v) is 3.96. The minimum Gasteiger partial charge on any atom is -0.394 e. The Kier molecular flexibility index (Phi) is 6.27. The second-order valence-electron chi connectivity index (χ2n) is 5.57. The Balaban J connectivity index is 1.94. The van der Waals surface area contributed by atoms with Crippen LogP contribution in [0.1, 0.15) is 0 Å². The van der Waals surface area contributed by atoms with Crippen LogP contribution in [0.2, 0.25) is 0 Å². The maximum Gasteiger partial charge on any atom is 0.186 e. The van der Waals surface area contributed by atoms with E-state index >= 15 is 0 Å². The first-order valence-electron chi connectivity index (χ1n) is 7.07. The molecule has 11 heteroatoms. The smallest absolute Gasteiger partial charge is 0.186 e. The molecule has 2 rings (SSSR count). The summed E-state index contributed by atoms with van der Waals surface area (Å²) in [6.07, 6.45) is -15.3. The van der Waals surface area contributed by atoms with E-state index in [2.05, 4.69) is 0 Å². The van der Waals surface area contributed by atoms with Gasteiger partial charge < -0.3 is 55.1 Å². The van der Waals surface area contributed by atoms with Gasteiger partial charge >= 0.3 is 0 Å². The van der Waals surface area contributed by atoms with Crippen LogP contribution in [0, 0.1) is 0 Å². The molecule has 136 valence electrons. The van der Waals surface area contributed by atoms with Crippen molar-refractivity contribution in [2.75, 3.05) is 13.2 Å². The van der Waals surface area contributed by atoms with Crippen molar-refractivity contribution >= 4 is 0 Å². The Bertz CT molecular complexity index is 380. The zero-order valence-corrected chi connectivity index (χ0v) is 12.0. The molecule has 0 aromatic heterocycles. The first-order chi connectivity index (χ1) is 10.8. The van der Waals surface area contributed by atoms with E-state index in [1.807, 2.05) is 0 Å². The third-order valence-electron chi connectivity index (χ3n) is 3.96. The Hall–Kier alpha value is -0.440. The van der Waals surface area contributed by atoms with Crippen molar-refractivity contribution in [3.63, 3.8) is 0 Å². The van der Waals surface area contributed by atoms with Crippen LogP contribution in [0.4, 0.5) is 0 Å². The van der Waals surface area contributed by atoms with Crippen LogP contribution in [-0.2, 0) is 14.2 Å². The number of aliphatic hydroxyl groups excluding tert-OH is 8. The summed E-state index contributed by atoms with van der Waals surface area (Å²) in [5, 5.41) is 76.1. The molecule has 0 saturated carbocycles. The van der Waals surface area contributed by atoms with Gasteiger partial charge in [-0.1, -0.05) is 0 Å². The molecule has 0 aliphatic carbocycles. The van der Waals surface area contributed by atoms with Crippen LogP contribution in [0.5, 0.6) is 0 Å². The summed E-state index contributed by atoms with van der Waals surface area (Å²) in [5.41, 5.74) is 0. The Morgan fingerprint density at radius 2 is 1.22 bits per heavy atom. The molecule has 2 aliphatic rings. The average molecular weight is 342 g/mol. The summed E-state index contributed by atoms with van der Waals surface area (Å²) < 4.78 is 15.1. The van der Waals surface area contributed by atoms with Crippen molar-refractivity contribution in [3.05, 3.63) is 0 Å². The highest BCUT2D eigenvalue weighted by molar-refractivity contribution is 4.91. The lowest BCUT2D eigenvalue weighted by molar-refractivity contribution is -0.325. The quantitative estimate of drug-likeness (QED) is 0.243. The van der Waals surface area contributed by atoms with E-state index in [0.29, 0.717) is 0 Å². The summed E-state index contributed by atoms with van der Waals surface area (Å²) in [7, 11) is 0. The predicted molar refractivity (Wildman–Crippen MR) is 68.6 cm³/mol. The van der Waals surface area contributed by atoms with Crippen LogP contribution in [0.25, 0.3) is 0 Å². The maximum absolute atomic E-state index is 9.78. The molecule has 0 aromatic rings. The van der Waals surface area contributed by atoms with Crippen LogP contribution in [-0.4, -0.2) is 115 Å². The number of hydrogen-bond acceptors (Lipinski definition) is 11. The lowest BCUT2D eigenvalue weighted by Crippen LogP contribution is -2.61. The molecule has 0 aromatic carbocycles. The standard InChI is InChI=1S/C12H22O11/c13-1-3-5(14)8(17)10(19)12(23-3)21-2-4-6(15)7(16)9(18)11(20)22-4/h3-20H,1-2H2/t3-,4-,5-,6-,7+,8+,9-,10-,11-,12-/m0/s1. The van der Waals surface area contributed by atoms with E-state index < -0.39 is 74.6 Å². The normalized spacial score (nSPS) is 51.7. The van der Waals surface area contributed by atoms with E-state index in [4.69, 9.17) is 19.3 Å². The molecule has 11 nitrogen and oxygen atoms in total. The largest absolute Gasteiger partial charge is 0.394 e. The minimum absolute atomic E-state index is 0.468. The molecule has 0 radical (unpaired) electrons. The molecule has 2 fully saturated rings. The second kappa shape index (κ2) is 7.63. The van der Waals surface area contributed by atoms with Gasteiger partial charge in [-0.05, 0) is 0 Å². The first-order valence-corrected chi connectivity index (χ1v) is 7.07. The van der Waals surface area contributed by atoms with Gasteiger partial charge in [0.05, 0.1) is 13.2 Å². The van der Waals surface area contributed by atoms with Gasteiger partial charge in [0.2, 0.25) is 0 Å². The minimum atomic E-state index is -1.74. The van der Waals surface area contributed by atoms with E-state index in [0.717, 1.165) is 0 Å². The first kappa shape index (κ1) is 18.9. The van der Waals surface area contributed by atoms with Gasteiger partial charge in [0.15, 0.2) is 12.6 Å². The monoisotopic (exact) mass is 342 g/mol. The highest BCUT2D eigenvalue weighted by Gasteiger charge is 2.46. The molecule has 2 aliphatic heterocycles. The second-order valence-corrected chi connectivity index (χ2v) is 5.57. The lowest BCUT2D eigenvalue weighted by atomic mass is 9.98. The molecule has 23 heavy (non-hydrogen) atoms. The fraction of sp³-hybridized carbons (Fsp3) is 1.00. The van der Waals surface area contributed by atoms with Gasteiger partial charge in [-0.15, -0.1) is 0 Å². The summed E-state index contributed by atoms with van der Waals surface area (Å²) in [6, 6.07) is 0. The molecule has 0 amide bonds. The molecule has 2 heterocycles. The van der Waals surface area contributed by atoms with E-state index in [1.54, 1.807) is 0 Å². The number of ether oxygens (including phenoxy) is 3. The van der Waals surface area contributed by atoms with Gasteiger partial charge in [0, 0.05) is 0 Å². The van der Waals surface area contributed by atoms with Crippen LogP contribution in [0.15, 0.2) is 0 Å². The zero-order valence-electron chi connectivity index (χ0n) is 12.0. The average Bonchev–Trinajstić information content (AvgIpc) is 2.54. The van der Waals surface area contributed by atoms with Crippen molar-refractivity contribution in [2.45, 2.75) is 61.4 Å². The zero-order chi connectivity index (χ0) is 17.3. The lowest BCUT2D eigenvalue weighted by Gasteiger charge is -2.41. The van der Waals surface area contributed by atoms with Crippen LogP contribution >= 0.6 is 0 Å². The summed E-state index contributed by atoms with van der Waals surface area (Å²) in [6.45, 7) is -1.10. The third kappa shape index (κ3) is 3.81. The maximum atomic E-state index is 9.78. The van der Waals surface area contributed by atoms with E-state index in [-0.39, 0.29) is 0 Å². The summed E-state index contributed by atoms with van der Waals surface area (Å²) in [4.78, 5) is 0. The fourth-order valence-corrected chi connectivity index (χ4v) is 2.46. The van der Waals surface area contributed by atoms with Crippen molar-refractivity contribution in [1.29, 1.82) is 0 Å².